The van der Waals surface area contributed by atoms with E-state index in [-0.39, 0.29) is 5.91 Å². The van der Waals surface area contributed by atoms with Gasteiger partial charge < -0.3 is 16.0 Å². The zero-order chi connectivity index (χ0) is 14.5. The lowest BCUT2D eigenvalue weighted by Gasteiger charge is -2.11. The highest BCUT2D eigenvalue weighted by Crippen LogP contribution is 2.14. The summed E-state index contributed by atoms with van der Waals surface area (Å²) in [5, 5.41) is 2.89. The van der Waals surface area contributed by atoms with Crippen LogP contribution in [0.4, 0.5) is 11.4 Å². The lowest BCUT2D eigenvalue weighted by Crippen LogP contribution is -2.13. The summed E-state index contributed by atoms with van der Waals surface area (Å²) >= 11 is 0. The van der Waals surface area contributed by atoms with E-state index in [0.29, 0.717) is 11.3 Å². The van der Waals surface area contributed by atoms with Crippen molar-refractivity contribution in [2.24, 2.45) is 0 Å². The molecule has 0 bridgehead atoms. The van der Waals surface area contributed by atoms with Crippen molar-refractivity contribution in [1.29, 1.82) is 0 Å². The van der Waals surface area contributed by atoms with Crippen LogP contribution >= 0.6 is 0 Å². The Morgan fingerprint density at radius 3 is 2.50 bits per heavy atom. The lowest BCUT2D eigenvalue weighted by molar-refractivity contribution is 0.102. The Hall–Kier alpha value is -2.33. The Kier molecular flexibility index (Phi) is 4.38. The van der Waals surface area contributed by atoms with Gasteiger partial charge in [0.25, 0.3) is 5.91 Å². The van der Waals surface area contributed by atoms with Gasteiger partial charge in [0.15, 0.2) is 0 Å². The highest BCUT2D eigenvalue weighted by atomic mass is 16.1. The Morgan fingerprint density at radius 1 is 1.15 bits per heavy atom. The normalized spacial score (nSPS) is 10.6. The molecule has 0 heterocycles. The first kappa shape index (κ1) is 14.1. The molecule has 0 saturated heterocycles. The zero-order valence-corrected chi connectivity index (χ0v) is 11.8. The minimum atomic E-state index is -0.132. The van der Waals surface area contributed by atoms with Gasteiger partial charge in [0, 0.05) is 23.5 Å². The topological polar surface area (TPSA) is 58.4 Å². The minimum Gasteiger partial charge on any atom is -0.399 e. The summed E-state index contributed by atoms with van der Waals surface area (Å²) in [6.07, 6.45) is 0. The van der Waals surface area contributed by atoms with E-state index in [1.807, 2.05) is 38.4 Å². The van der Waals surface area contributed by atoms with Crippen LogP contribution in [0.15, 0.2) is 48.5 Å². The average molecular weight is 269 g/mol. The summed E-state index contributed by atoms with van der Waals surface area (Å²) in [4.78, 5) is 14.2. The van der Waals surface area contributed by atoms with Gasteiger partial charge in [-0.05, 0) is 56.1 Å². The molecule has 0 radical (unpaired) electrons. The molecule has 0 aliphatic heterocycles. The molecule has 104 valence electrons. The number of carbonyl (C=O) groups excluding carboxylic acids is 1. The summed E-state index contributed by atoms with van der Waals surface area (Å²) in [5.74, 6) is -0.132. The van der Waals surface area contributed by atoms with Crippen LogP contribution in [-0.4, -0.2) is 24.9 Å². The van der Waals surface area contributed by atoms with E-state index in [1.165, 1.54) is 0 Å². The first-order chi connectivity index (χ1) is 9.54. The SMILES string of the molecule is CN(C)Cc1cccc(NC(=O)c2ccc(N)cc2)c1. The van der Waals surface area contributed by atoms with Crippen LogP contribution in [0.1, 0.15) is 15.9 Å². The monoisotopic (exact) mass is 269 g/mol. The van der Waals surface area contributed by atoms with Gasteiger partial charge >= 0.3 is 0 Å². The van der Waals surface area contributed by atoms with Crippen LogP contribution in [-0.2, 0) is 6.54 Å². The number of nitrogen functional groups attached to an aromatic ring is 1. The third kappa shape index (κ3) is 3.83. The third-order valence-corrected chi connectivity index (χ3v) is 2.86. The number of nitrogens with two attached hydrogens (primary N) is 1. The van der Waals surface area contributed by atoms with E-state index < -0.39 is 0 Å². The molecule has 2 aromatic rings. The second-order valence-electron chi connectivity index (χ2n) is 5.01. The maximum Gasteiger partial charge on any atom is 0.255 e. The third-order valence-electron chi connectivity index (χ3n) is 2.86. The molecular weight excluding hydrogens is 250 g/mol. The van der Waals surface area contributed by atoms with Crippen molar-refractivity contribution < 1.29 is 4.79 Å². The molecule has 0 spiro atoms. The largest absolute Gasteiger partial charge is 0.399 e. The number of amides is 1. The van der Waals surface area contributed by atoms with E-state index in [1.54, 1.807) is 24.3 Å². The highest BCUT2D eigenvalue weighted by Gasteiger charge is 2.06. The molecule has 20 heavy (non-hydrogen) atoms. The Labute approximate surface area is 119 Å². The maximum absolute atomic E-state index is 12.1. The van der Waals surface area contributed by atoms with E-state index in [4.69, 9.17) is 5.73 Å². The standard InChI is InChI=1S/C16H19N3O/c1-19(2)11-12-4-3-5-15(10-12)18-16(20)13-6-8-14(17)9-7-13/h3-10H,11,17H2,1-2H3,(H,18,20). The van der Waals surface area contributed by atoms with Crippen molar-refractivity contribution in [3.8, 4) is 0 Å². The summed E-state index contributed by atoms with van der Waals surface area (Å²) in [6, 6.07) is 14.7. The zero-order valence-electron chi connectivity index (χ0n) is 11.8. The molecule has 2 rings (SSSR count). The summed E-state index contributed by atoms with van der Waals surface area (Å²) in [5.41, 5.74) is 8.81. The fraction of sp³-hybridized carbons (Fsp3) is 0.188. The van der Waals surface area contributed by atoms with Gasteiger partial charge in [-0.25, -0.2) is 0 Å². The van der Waals surface area contributed by atoms with Gasteiger partial charge in [-0.3, -0.25) is 4.79 Å². The second kappa shape index (κ2) is 6.21. The molecule has 4 nitrogen and oxygen atoms in total. The Bertz CT molecular complexity index is 591. The fourth-order valence-electron chi connectivity index (χ4n) is 1.95. The van der Waals surface area contributed by atoms with Crippen molar-refractivity contribution in [2.75, 3.05) is 25.1 Å². The summed E-state index contributed by atoms with van der Waals surface area (Å²) < 4.78 is 0. The van der Waals surface area contributed by atoms with Crippen molar-refractivity contribution in [3.05, 3.63) is 59.7 Å². The molecule has 2 aromatic carbocycles. The molecule has 3 N–H and O–H groups in total. The fourth-order valence-corrected chi connectivity index (χ4v) is 1.95. The van der Waals surface area contributed by atoms with Crippen LogP contribution < -0.4 is 11.1 Å². The number of nitrogens with zero attached hydrogens (tertiary/aromatic N) is 1. The van der Waals surface area contributed by atoms with Crippen LogP contribution in [0, 0.1) is 0 Å². The molecule has 0 fully saturated rings. The quantitative estimate of drug-likeness (QED) is 0.839. The minimum absolute atomic E-state index is 0.132. The number of anilines is 2. The van der Waals surface area contributed by atoms with Crippen LogP contribution in [0.5, 0.6) is 0 Å². The molecule has 1 amide bonds. The van der Waals surface area contributed by atoms with E-state index in [9.17, 15) is 4.79 Å². The van der Waals surface area contributed by atoms with Gasteiger partial charge in [0.1, 0.15) is 0 Å². The van der Waals surface area contributed by atoms with Gasteiger partial charge in [-0.2, -0.15) is 0 Å². The number of rotatable bonds is 4. The number of benzene rings is 2. The number of nitrogens with one attached hydrogen (secondary N) is 1. The van der Waals surface area contributed by atoms with Crippen LogP contribution in [0.25, 0.3) is 0 Å². The smallest absolute Gasteiger partial charge is 0.255 e. The molecule has 4 heteroatoms. The summed E-state index contributed by atoms with van der Waals surface area (Å²) in [7, 11) is 4.03. The van der Waals surface area contributed by atoms with Gasteiger partial charge in [0.2, 0.25) is 0 Å². The molecule has 0 aliphatic carbocycles. The van der Waals surface area contributed by atoms with Crippen molar-refractivity contribution in [3.63, 3.8) is 0 Å². The average Bonchev–Trinajstić information content (AvgIpc) is 2.39. The summed E-state index contributed by atoms with van der Waals surface area (Å²) in [6.45, 7) is 0.839. The Morgan fingerprint density at radius 2 is 1.85 bits per heavy atom. The molecule has 0 saturated carbocycles. The van der Waals surface area contributed by atoms with E-state index in [0.717, 1.165) is 17.8 Å². The number of hydrogen-bond acceptors (Lipinski definition) is 3. The first-order valence-electron chi connectivity index (χ1n) is 6.45. The predicted molar refractivity (Wildman–Crippen MR) is 82.6 cm³/mol. The lowest BCUT2D eigenvalue weighted by atomic mass is 10.1. The van der Waals surface area contributed by atoms with Gasteiger partial charge in [0.05, 0.1) is 0 Å². The molecule has 0 aliphatic rings. The molecule has 0 atom stereocenters. The maximum atomic E-state index is 12.1. The van der Waals surface area contributed by atoms with Gasteiger partial charge in [-0.15, -0.1) is 0 Å². The van der Waals surface area contributed by atoms with Crippen LogP contribution in [0.2, 0.25) is 0 Å². The van der Waals surface area contributed by atoms with Gasteiger partial charge in [-0.1, -0.05) is 12.1 Å². The molecule has 0 unspecified atom stereocenters. The van der Waals surface area contributed by atoms with E-state index in [2.05, 4.69) is 10.2 Å². The predicted octanol–water partition coefficient (Wildman–Crippen LogP) is 2.58. The first-order valence-corrected chi connectivity index (χ1v) is 6.45. The van der Waals surface area contributed by atoms with Crippen LogP contribution in [0.3, 0.4) is 0 Å². The Balaban J connectivity index is 2.09. The van der Waals surface area contributed by atoms with E-state index >= 15 is 0 Å². The second-order valence-corrected chi connectivity index (χ2v) is 5.01. The number of hydrogen-bond donors (Lipinski definition) is 2. The van der Waals surface area contributed by atoms with Crippen molar-refractivity contribution >= 4 is 17.3 Å². The van der Waals surface area contributed by atoms with Crippen molar-refractivity contribution in [2.45, 2.75) is 6.54 Å². The highest BCUT2D eigenvalue weighted by molar-refractivity contribution is 6.04. The number of carbonyl (C=O) groups is 1. The molecular formula is C16H19N3O. The molecule has 0 aromatic heterocycles. The van der Waals surface area contributed by atoms with Crippen molar-refractivity contribution in [1.82, 2.24) is 4.90 Å².